The molecule has 1 fully saturated rings. The van der Waals surface area contributed by atoms with E-state index in [0.29, 0.717) is 20.7 Å². The first-order valence-electron chi connectivity index (χ1n) is 6.80. The molecule has 2 aliphatic heterocycles. The van der Waals surface area contributed by atoms with Gasteiger partial charge in [0.25, 0.3) is 5.91 Å². The van der Waals surface area contributed by atoms with Gasteiger partial charge in [-0.05, 0) is 23.8 Å². The molecule has 0 saturated carbocycles. The predicted octanol–water partition coefficient (Wildman–Crippen LogP) is 2.18. The van der Waals surface area contributed by atoms with E-state index in [0.717, 1.165) is 5.56 Å². The van der Waals surface area contributed by atoms with E-state index in [9.17, 15) is 9.59 Å². The first-order chi connectivity index (χ1) is 11.1. The zero-order chi connectivity index (χ0) is 16.4. The van der Waals surface area contributed by atoms with Crippen molar-refractivity contribution in [3.63, 3.8) is 0 Å². The molecule has 0 aromatic heterocycles. The van der Waals surface area contributed by atoms with E-state index in [1.54, 1.807) is 12.1 Å². The molecule has 8 heteroatoms. The molecular formula is C15H13NO5S2. The smallest absolute Gasteiger partial charge is 0.307 e. The van der Waals surface area contributed by atoms with E-state index in [1.807, 2.05) is 12.1 Å². The Hall–Kier alpha value is -2.06. The zero-order valence-corrected chi connectivity index (χ0v) is 13.9. The van der Waals surface area contributed by atoms with Gasteiger partial charge in [0.1, 0.15) is 4.32 Å². The molecule has 2 aliphatic rings. The van der Waals surface area contributed by atoms with Crippen molar-refractivity contribution in [1.29, 1.82) is 0 Å². The van der Waals surface area contributed by atoms with E-state index >= 15 is 0 Å². The normalized spacial score (nSPS) is 18.0. The molecule has 1 aromatic rings. The van der Waals surface area contributed by atoms with Crippen LogP contribution in [0.25, 0.3) is 6.08 Å². The number of thioether (sulfide) groups is 1. The second kappa shape index (κ2) is 6.59. The Morgan fingerprint density at radius 3 is 3.00 bits per heavy atom. The number of nitrogens with zero attached hydrogens (tertiary/aromatic N) is 1. The quantitative estimate of drug-likeness (QED) is 0.468. The summed E-state index contributed by atoms with van der Waals surface area (Å²) in [6.45, 7) is 0.421. The topological polar surface area (TPSA) is 65.1 Å². The van der Waals surface area contributed by atoms with Crippen LogP contribution in [0.5, 0.6) is 11.5 Å². The number of benzene rings is 1. The molecule has 120 valence electrons. The van der Waals surface area contributed by atoms with Crippen LogP contribution >= 0.6 is 24.0 Å². The highest BCUT2D eigenvalue weighted by molar-refractivity contribution is 8.26. The fraction of sp³-hybridized carbons (Fsp3) is 0.267. The van der Waals surface area contributed by atoms with Gasteiger partial charge in [0.2, 0.25) is 6.79 Å². The molecule has 0 N–H and O–H groups in total. The van der Waals surface area contributed by atoms with Crippen molar-refractivity contribution in [2.45, 2.75) is 6.42 Å². The number of hydrogen-bond acceptors (Lipinski definition) is 7. The summed E-state index contributed by atoms with van der Waals surface area (Å²) in [4.78, 5) is 25.5. The fourth-order valence-corrected chi connectivity index (χ4v) is 3.46. The summed E-state index contributed by atoms with van der Waals surface area (Å²) in [5.74, 6) is 0.757. The van der Waals surface area contributed by atoms with Crippen molar-refractivity contribution in [3.8, 4) is 11.5 Å². The highest BCUT2D eigenvalue weighted by Gasteiger charge is 2.32. The fourth-order valence-electron chi connectivity index (χ4n) is 2.15. The lowest BCUT2D eigenvalue weighted by Crippen LogP contribution is -2.30. The van der Waals surface area contributed by atoms with Crippen molar-refractivity contribution in [2.24, 2.45) is 0 Å². The van der Waals surface area contributed by atoms with Crippen molar-refractivity contribution in [1.82, 2.24) is 4.90 Å². The molecule has 0 radical (unpaired) electrons. The van der Waals surface area contributed by atoms with Gasteiger partial charge in [-0.25, -0.2) is 0 Å². The SMILES string of the molecule is COC(=O)CCN1C(=O)C(=Cc2ccc3c(c2)OCO3)SC1=S. The Kier molecular flexibility index (Phi) is 4.53. The van der Waals surface area contributed by atoms with Crippen LogP contribution in [0.4, 0.5) is 0 Å². The van der Waals surface area contributed by atoms with Crippen LogP contribution < -0.4 is 9.47 Å². The number of hydrogen-bond donors (Lipinski definition) is 0. The lowest BCUT2D eigenvalue weighted by atomic mass is 10.2. The molecule has 2 heterocycles. The summed E-state index contributed by atoms with van der Waals surface area (Å²) in [5, 5.41) is 0. The highest BCUT2D eigenvalue weighted by atomic mass is 32.2. The molecule has 0 bridgehead atoms. The lowest BCUT2D eigenvalue weighted by molar-refractivity contribution is -0.140. The molecule has 1 amide bonds. The average molecular weight is 351 g/mol. The van der Waals surface area contributed by atoms with E-state index in [2.05, 4.69) is 4.74 Å². The summed E-state index contributed by atoms with van der Waals surface area (Å²) in [6.07, 6.45) is 1.86. The van der Waals surface area contributed by atoms with Gasteiger partial charge in [-0.2, -0.15) is 0 Å². The third kappa shape index (κ3) is 3.32. The number of esters is 1. The molecule has 0 spiro atoms. The van der Waals surface area contributed by atoms with Crippen LogP contribution in [0.1, 0.15) is 12.0 Å². The molecule has 6 nitrogen and oxygen atoms in total. The van der Waals surface area contributed by atoms with E-state index in [-0.39, 0.29) is 31.6 Å². The molecule has 1 saturated heterocycles. The van der Waals surface area contributed by atoms with E-state index < -0.39 is 0 Å². The molecule has 0 aliphatic carbocycles. The molecule has 1 aromatic carbocycles. The monoisotopic (exact) mass is 351 g/mol. The van der Waals surface area contributed by atoms with Crippen LogP contribution in [0.2, 0.25) is 0 Å². The van der Waals surface area contributed by atoms with E-state index in [4.69, 9.17) is 21.7 Å². The second-order valence-corrected chi connectivity index (χ2v) is 6.45. The summed E-state index contributed by atoms with van der Waals surface area (Å²) in [7, 11) is 1.31. The highest BCUT2D eigenvalue weighted by Crippen LogP contribution is 2.36. The van der Waals surface area contributed by atoms with Gasteiger partial charge in [-0.1, -0.05) is 30.0 Å². The lowest BCUT2D eigenvalue weighted by Gasteiger charge is -2.12. The van der Waals surface area contributed by atoms with Gasteiger partial charge in [0, 0.05) is 6.54 Å². The first kappa shape index (κ1) is 15.8. The van der Waals surface area contributed by atoms with Crippen LogP contribution in [0.15, 0.2) is 23.1 Å². The van der Waals surface area contributed by atoms with Gasteiger partial charge >= 0.3 is 5.97 Å². The van der Waals surface area contributed by atoms with Gasteiger partial charge < -0.3 is 14.2 Å². The number of amides is 1. The standard InChI is InChI=1S/C15H13NO5S2/c1-19-13(17)4-5-16-14(18)12(23-15(16)22)7-9-2-3-10-11(6-9)21-8-20-10/h2-3,6-7H,4-5,8H2,1H3. The maximum atomic E-state index is 12.4. The van der Waals surface area contributed by atoms with Crippen molar-refractivity contribution < 1.29 is 23.8 Å². The first-order valence-corrected chi connectivity index (χ1v) is 8.03. The minimum atomic E-state index is -0.376. The molecule has 3 rings (SSSR count). The molecule has 0 atom stereocenters. The van der Waals surface area contributed by atoms with Crippen molar-refractivity contribution >= 4 is 46.3 Å². The van der Waals surface area contributed by atoms with Gasteiger partial charge in [0.15, 0.2) is 11.5 Å². The van der Waals surface area contributed by atoms with Gasteiger partial charge in [-0.15, -0.1) is 0 Å². The summed E-state index contributed by atoms with van der Waals surface area (Å²) in [5.41, 5.74) is 0.822. The second-order valence-electron chi connectivity index (χ2n) is 4.77. The summed E-state index contributed by atoms with van der Waals surface area (Å²) in [6, 6.07) is 5.45. The zero-order valence-electron chi connectivity index (χ0n) is 12.2. The van der Waals surface area contributed by atoms with Crippen LogP contribution in [-0.2, 0) is 14.3 Å². The van der Waals surface area contributed by atoms with Gasteiger partial charge in [0.05, 0.1) is 18.4 Å². The number of rotatable bonds is 4. The third-order valence-electron chi connectivity index (χ3n) is 3.34. The Bertz CT molecular complexity index is 716. The Balaban J connectivity index is 1.74. The minimum absolute atomic E-state index is 0.111. The van der Waals surface area contributed by atoms with E-state index in [1.165, 1.54) is 23.8 Å². The third-order valence-corrected chi connectivity index (χ3v) is 4.71. The Labute approximate surface area is 142 Å². The number of fused-ring (bicyclic) bond motifs is 1. The maximum absolute atomic E-state index is 12.4. The largest absolute Gasteiger partial charge is 0.469 e. The average Bonchev–Trinajstić information content (AvgIpc) is 3.10. The Morgan fingerprint density at radius 2 is 2.22 bits per heavy atom. The van der Waals surface area contributed by atoms with Gasteiger partial charge in [-0.3, -0.25) is 14.5 Å². The number of carbonyl (C=O) groups is 2. The summed E-state index contributed by atoms with van der Waals surface area (Å²) >= 11 is 6.42. The number of carbonyl (C=O) groups excluding carboxylic acids is 2. The number of thiocarbonyl (C=S) groups is 1. The minimum Gasteiger partial charge on any atom is -0.469 e. The van der Waals surface area contributed by atoms with Crippen molar-refractivity contribution in [2.75, 3.05) is 20.4 Å². The van der Waals surface area contributed by atoms with Crippen molar-refractivity contribution in [3.05, 3.63) is 28.7 Å². The van der Waals surface area contributed by atoms with Crippen LogP contribution in [-0.4, -0.2) is 41.5 Å². The maximum Gasteiger partial charge on any atom is 0.307 e. The molecular weight excluding hydrogens is 338 g/mol. The Morgan fingerprint density at radius 1 is 1.43 bits per heavy atom. The summed E-state index contributed by atoms with van der Waals surface area (Å²) < 4.78 is 15.6. The molecule has 23 heavy (non-hydrogen) atoms. The van der Waals surface area contributed by atoms with Crippen LogP contribution in [0, 0.1) is 0 Å². The molecule has 0 unspecified atom stereocenters. The number of methoxy groups -OCH3 is 1. The van der Waals surface area contributed by atoms with Crippen LogP contribution in [0.3, 0.4) is 0 Å². The predicted molar refractivity (Wildman–Crippen MR) is 89.1 cm³/mol. The number of ether oxygens (including phenoxy) is 3.